The van der Waals surface area contributed by atoms with E-state index in [4.69, 9.17) is 34.8 Å². The van der Waals surface area contributed by atoms with Gasteiger partial charge < -0.3 is 34.8 Å². The van der Waals surface area contributed by atoms with Crippen LogP contribution in [0.2, 0.25) is 0 Å². The predicted octanol–water partition coefficient (Wildman–Crippen LogP) is 29.4. The van der Waals surface area contributed by atoms with E-state index in [-0.39, 0.29) is 127 Å². The first-order chi connectivity index (χ1) is 59.2. The fraction of sp³-hybridized carbons (Fsp3) is 0.418. The Hall–Kier alpha value is -8.10. The van der Waals surface area contributed by atoms with Crippen LogP contribution in [0.25, 0.3) is 77.3 Å². The van der Waals surface area contributed by atoms with Crippen LogP contribution in [0.15, 0.2) is 228 Å². The number of carbonyl (C=O) groups excluding carboxylic acids is 4. The summed E-state index contributed by atoms with van der Waals surface area (Å²) in [6.45, 7) is 26.0. The Morgan fingerprint density at radius 3 is 1.35 bits per heavy atom. The molecule has 128 heavy (non-hydrogen) atoms. The van der Waals surface area contributed by atoms with Crippen LogP contribution in [-0.2, 0) is 125 Å². The second-order valence-electron chi connectivity index (χ2n) is 36.8. The fourth-order valence-electron chi connectivity index (χ4n) is 18.4. The van der Waals surface area contributed by atoms with Gasteiger partial charge in [-0.2, -0.15) is 12.1 Å². The van der Waals surface area contributed by atoms with Crippen molar-refractivity contribution in [1.82, 2.24) is 19.9 Å². The molecular weight excluding hydrogens is 2320 g/mol. The maximum Gasteiger partial charge on any atom is 0.155 e. The topological polar surface area (TPSA) is 214 Å². The van der Waals surface area contributed by atoms with Gasteiger partial charge in [0.05, 0.1) is 34.1 Å². The van der Waals surface area contributed by atoms with E-state index in [1.54, 1.807) is 0 Å². The number of hydrogen-bond acceptors (Lipinski definition) is 14. The normalized spacial score (nSPS) is 16.4. The van der Waals surface area contributed by atoms with Gasteiger partial charge in [-0.05, 0) is 235 Å². The number of carbonyl (C=O) groups is 4. The van der Waals surface area contributed by atoms with Crippen molar-refractivity contribution in [2.45, 2.75) is 270 Å². The van der Waals surface area contributed by atoms with Crippen LogP contribution in [0.1, 0.15) is 271 Å². The number of para-hydroxylation sites is 3. The van der Waals surface area contributed by atoms with Crippen molar-refractivity contribution in [3.8, 4) is 44.5 Å². The summed E-state index contributed by atoms with van der Waals surface area (Å²) < 4.78 is 5.92. The summed E-state index contributed by atoms with van der Waals surface area (Å²) >= 11 is 1.90. The van der Waals surface area contributed by atoms with E-state index in [1.807, 2.05) is 72.1 Å². The summed E-state index contributed by atoms with van der Waals surface area (Å²) in [6.07, 6.45) is 43.6. The zero-order chi connectivity index (χ0) is 89.5. The van der Waals surface area contributed by atoms with Crippen LogP contribution in [0.5, 0.6) is 0 Å². The predicted molar refractivity (Wildman–Crippen MR) is 510 cm³/mol. The molecule has 0 aliphatic heterocycles. The molecule has 5 heterocycles. The largest absolute Gasteiger partial charge is 0.512 e. The SMILES string of the molecule is CC(=O)C=C(C)O.CC(=O)C=C(C)O.CC(=O)C=C(C)O.CC(=O)C=C(C)O.CC(c1cc[c-]c(-c2nc3ccccc3o2)c1)C1(C)CCCCC1.CC1(Cc2cc(-c3[c-]cccc3)nc3ccccc23)CCCC1.CC1(Cc2ccnc(-c3[c-]cc(CC4(C)CCCC4)s3)c2)CCCC1.CC1(Cc2cnc(-c3[c-]cccc3)c3ccccc23)CCCCC1.[Ir].[Ir].[Ir].[Ir]. The summed E-state index contributed by atoms with van der Waals surface area (Å²) in [6, 6.07) is 70.3. The summed E-state index contributed by atoms with van der Waals surface area (Å²) in [5.74, 6) is 0.953. The van der Waals surface area contributed by atoms with Crippen LogP contribution in [0.3, 0.4) is 0 Å². The van der Waals surface area contributed by atoms with E-state index < -0.39 is 0 Å². The standard InChI is InChI=1S/C23H30NS.C23H24N.C22H24NO.C22H22N.4C5H8O2.4Ir/c1-22(10-3-4-11-22)16-18-9-14-24-20(15-18)21-8-7-19(25-21)17-23(2)12-5-6-13-23;1-23(14-8-3-9-15-23)16-19-17-24-22(18-10-4-2-5-11-18)21-13-7-6-12-20(19)21;1-16(22(2)13-6-3-7-14-22)17-9-8-10-18(15-17)21-23-19-11-4-5-12-20(19)24-21;1-22(13-7-8-14-22)16-18-15-21(17-9-3-2-4-10-17)23-20-12-6-5-11-19(18)20;4*1-4(6)3-5(2)7;;;;/h7,9,14-15H,3-6,10-13,16-17H2,1-2H3;2,4-7,10,12-13,17H,3,8-9,14-16H2,1H3;4-5,8-9,11-12,15-16H,3,6-7,13-14H2,1-2H3;2-6,9,11-12,15H,7-8,13-14,16H2,1H3;4*3,6H,1-2H3;;;;/q4*-1;;;;;;;;. The number of nitrogens with zero attached hydrogens (tertiary/aromatic N) is 4. The molecule has 4 radical (unpaired) electrons. The quantitative estimate of drug-likeness (QED) is 0.0358. The summed E-state index contributed by atoms with van der Waals surface area (Å²) in [7, 11) is 0. The van der Waals surface area contributed by atoms with Crippen molar-refractivity contribution >= 4 is 67.2 Å². The van der Waals surface area contributed by atoms with E-state index in [0.29, 0.717) is 38.9 Å². The van der Waals surface area contributed by atoms with Gasteiger partial charge in [-0.1, -0.05) is 213 Å². The molecule has 18 heteroatoms. The maximum absolute atomic E-state index is 10.0. The molecule has 5 aliphatic rings. The molecule has 6 aromatic carbocycles. The number of aliphatic hydroxyl groups excluding tert-OH is 4. The number of pyridine rings is 3. The van der Waals surface area contributed by atoms with Gasteiger partial charge in [-0.3, -0.25) is 29.1 Å². The molecule has 11 aromatic rings. The Labute approximate surface area is 820 Å². The number of benzene rings is 6. The van der Waals surface area contributed by atoms with Gasteiger partial charge in [-0.15, -0.1) is 102 Å². The number of thiophene rings is 1. The smallest absolute Gasteiger partial charge is 0.155 e. The zero-order valence-corrected chi connectivity index (χ0v) is 87.8. The molecule has 0 spiro atoms. The molecule has 13 nitrogen and oxygen atoms in total. The van der Waals surface area contributed by atoms with Crippen LogP contribution in [0.4, 0.5) is 0 Å². The molecule has 5 aromatic heterocycles. The summed E-state index contributed by atoms with van der Waals surface area (Å²) in [5, 5.41) is 37.4. The third kappa shape index (κ3) is 35.9. The summed E-state index contributed by atoms with van der Waals surface area (Å²) in [5.41, 5.74) is 17.1. The first kappa shape index (κ1) is 110. The Bertz CT molecular complexity index is 5270. The van der Waals surface area contributed by atoms with Crippen molar-refractivity contribution in [2.24, 2.45) is 27.1 Å². The van der Waals surface area contributed by atoms with E-state index in [2.05, 4.69) is 191 Å². The molecule has 5 saturated carbocycles. The monoisotopic (exact) mass is 2460 g/mol. The zero-order valence-electron chi connectivity index (χ0n) is 77.4. The van der Waals surface area contributed by atoms with Gasteiger partial charge in [0.2, 0.25) is 0 Å². The van der Waals surface area contributed by atoms with E-state index in [0.717, 1.165) is 63.2 Å². The van der Waals surface area contributed by atoms with Crippen LogP contribution in [0, 0.1) is 51.3 Å². The van der Waals surface area contributed by atoms with Crippen LogP contribution in [-0.4, -0.2) is 63.5 Å². The molecule has 692 valence electrons. The number of fused-ring (bicyclic) bond motifs is 3. The first-order valence-corrected chi connectivity index (χ1v) is 45.5. The third-order valence-electron chi connectivity index (χ3n) is 24.8. The number of hydrogen-bond donors (Lipinski definition) is 4. The maximum atomic E-state index is 10.0. The second kappa shape index (κ2) is 54.0. The average molecular weight is 2460 g/mol. The Morgan fingerprint density at radius 2 is 0.859 bits per heavy atom. The number of rotatable bonds is 18. The molecule has 1 unspecified atom stereocenters. The molecule has 4 N–H and O–H groups in total. The van der Waals surface area contributed by atoms with Gasteiger partial charge in [0, 0.05) is 123 Å². The average Bonchev–Trinajstić information content (AvgIpc) is 1.05. The van der Waals surface area contributed by atoms with E-state index in [1.165, 1.54) is 282 Å². The number of aliphatic hydroxyl groups is 4. The number of allylic oxidation sites excluding steroid dienone is 8. The minimum Gasteiger partial charge on any atom is -0.512 e. The minimum absolute atomic E-state index is 0. The molecule has 0 saturated heterocycles. The van der Waals surface area contributed by atoms with Gasteiger partial charge in [-0.25, -0.2) is 11.3 Å². The second-order valence-corrected chi connectivity index (χ2v) is 38.0. The number of aromatic nitrogens is 4. The van der Waals surface area contributed by atoms with Gasteiger partial charge >= 0.3 is 0 Å². The molecule has 5 fully saturated rings. The third-order valence-corrected chi connectivity index (χ3v) is 25.8. The molecular formula is C110H132Ir4N4O9S-4. The Morgan fingerprint density at radius 1 is 0.422 bits per heavy atom. The van der Waals surface area contributed by atoms with Crippen molar-refractivity contribution < 1.29 is 124 Å². The van der Waals surface area contributed by atoms with Gasteiger partial charge in [0.25, 0.3) is 0 Å². The van der Waals surface area contributed by atoms with Crippen molar-refractivity contribution in [3.05, 3.63) is 275 Å². The van der Waals surface area contributed by atoms with E-state index >= 15 is 0 Å². The molecule has 0 amide bonds. The van der Waals surface area contributed by atoms with Crippen molar-refractivity contribution in [1.29, 1.82) is 0 Å². The molecule has 1 atom stereocenters. The molecule has 16 rings (SSSR count). The number of oxazole rings is 1. The van der Waals surface area contributed by atoms with Crippen molar-refractivity contribution in [2.75, 3.05) is 0 Å². The molecule has 0 bridgehead atoms. The summed E-state index contributed by atoms with van der Waals surface area (Å²) in [4.78, 5) is 61.7. The van der Waals surface area contributed by atoms with Crippen LogP contribution >= 0.6 is 11.3 Å². The minimum atomic E-state index is -0.125. The Balaban J connectivity index is 0.000000272. The van der Waals surface area contributed by atoms with Gasteiger partial charge in [0.15, 0.2) is 23.1 Å². The van der Waals surface area contributed by atoms with Gasteiger partial charge in [0.1, 0.15) is 11.5 Å². The van der Waals surface area contributed by atoms with Crippen LogP contribution < -0.4 is 0 Å². The Kier molecular flexibility index (Phi) is 46.6. The molecule has 5 aliphatic carbocycles. The van der Waals surface area contributed by atoms with Crippen molar-refractivity contribution in [3.63, 3.8) is 0 Å². The van der Waals surface area contributed by atoms with E-state index in [9.17, 15) is 19.2 Å². The fourth-order valence-corrected chi connectivity index (χ4v) is 19.5. The first-order valence-electron chi connectivity index (χ1n) is 44.7. The number of ketones is 4.